The number of hydrogen-bond donors (Lipinski definition) is 0. The molecule has 0 unspecified atom stereocenters. The maximum Gasteiger partial charge on any atom is 0.305 e. The molecule has 1 fully saturated rings. The van der Waals surface area contributed by atoms with Gasteiger partial charge in [-0.1, -0.05) is 42.5 Å². The second kappa shape index (κ2) is 11.5. The summed E-state index contributed by atoms with van der Waals surface area (Å²) in [5, 5.41) is 2.62. The molecule has 196 valence electrons. The highest BCUT2D eigenvalue weighted by Gasteiger charge is 2.35. The van der Waals surface area contributed by atoms with Crippen LogP contribution in [0, 0.1) is 5.92 Å². The van der Waals surface area contributed by atoms with Crippen LogP contribution in [0.2, 0.25) is 0 Å². The molecule has 6 heteroatoms. The molecular formula is C31H38N2O4. The van der Waals surface area contributed by atoms with Gasteiger partial charge in [-0.05, 0) is 71.3 Å². The van der Waals surface area contributed by atoms with E-state index in [1.807, 2.05) is 0 Å². The fourth-order valence-corrected chi connectivity index (χ4v) is 6.27. The van der Waals surface area contributed by atoms with Gasteiger partial charge < -0.3 is 14.2 Å². The van der Waals surface area contributed by atoms with Gasteiger partial charge in [-0.2, -0.15) is 0 Å². The molecule has 2 heterocycles. The van der Waals surface area contributed by atoms with E-state index < -0.39 is 0 Å². The van der Waals surface area contributed by atoms with Crippen LogP contribution in [0.4, 0.5) is 0 Å². The Bertz CT molecular complexity index is 1240. The average molecular weight is 503 g/mol. The Hall–Kier alpha value is -3.09. The van der Waals surface area contributed by atoms with Crippen molar-refractivity contribution < 1.29 is 19.0 Å². The summed E-state index contributed by atoms with van der Waals surface area (Å²) >= 11 is 0. The minimum atomic E-state index is -0.120. The molecule has 0 N–H and O–H groups in total. The Labute approximate surface area is 220 Å². The van der Waals surface area contributed by atoms with E-state index in [9.17, 15) is 4.79 Å². The lowest BCUT2D eigenvalue weighted by atomic mass is 9.85. The molecule has 3 aromatic carbocycles. The number of carbonyl (C=O) groups excluding carboxylic acids is 1. The number of esters is 1. The molecule has 2 atom stereocenters. The van der Waals surface area contributed by atoms with E-state index in [1.165, 1.54) is 34.6 Å². The molecule has 6 nitrogen and oxygen atoms in total. The summed E-state index contributed by atoms with van der Waals surface area (Å²) in [4.78, 5) is 17.3. The summed E-state index contributed by atoms with van der Waals surface area (Å²) in [6, 6.07) is 19.9. The van der Waals surface area contributed by atoms with Gasteiger partial charge in [0.25, 0.3) is 0 Å². The van der Waals surface area contributed by atoms with Crippen LogP contribution in [-0.2, 0) is 29.0 Å². The molecule has 3 aromatic rings. The van der Waals surface area contributed by atoms with E-state index >= 15 is 0 Å². The van der Waals surface area contributed by atoms with Crippen molar-refractivity contribution in [1.82, 2.24) is 9.80 Å². The van der Waals surface area contributed by atoms with Crippen LogP contribution < -0.4 is 9.47 Å². The lowest BCUT2D eigenvalue weighted by Crippen LogP contribution is -2.52. The quantitative estimate of drug-likeness (QED) is 0.402. The minimum Gasteiger partial charge on any atom is -0.493 e. The molecule has 5 rings (SSSR count). The molecule has 0 amide bonds. The van der Waals surface area contributed by atoms with Gasteiger partial charge in [-0.3, -0.25) is 14.6 Å². The van der Waals surface area contributed by atoms with E-state index in [0.29, 0.717) is 18.4 Å². The Morgan fingerprint density at radius 3 is 2.49 bits per heavy atom. The number of likely N-dealkylation sites (tertiary alicyclic amines) is 1. The predicted octanol–water partition coefficient (Wildman–Crippen LogP) is 5.06. The van der Waals surface area contributed by atoms with Crippen LogP contribution >= 0.6 is 0 Å². The van der Waals surface area contributed by atoms with Gasteiger partial charge in [-0.25, -0.2) is 0 Å². The van der Waals surface area contributed by atoms with E-state index in [-0.39, 0.29) is 5.97 Å². The Morgan fingerprint density at radius 2 is 1.70 bits per heavy atom. The fourth-order valence-electron chi connectivity index (χ4n) is 6.27. The number of methoxy groups -OCH3 is 3. The third-order valence-corrected chi connectivity index (χ3v) is 8.22. The normalized spacial score (nSPS) is 20.4. The van der Waals surface area contributed by atoms with E-state index in [4.69, 9.17) is 14.2 Å². The van der Waals surface area contributed by atoms with Crippen molar-refractivity contribution in [3.05, 3.63) is 71.3 Å². The number of nitrogens with zero attached hydrogens (tertiary/aromatic N) is 2. The highest BCUT2D eigenvalue weighted by atomic mass is 16.5. The first-order valence-electron chi connectivity index (χ1n) is 13.3. The van der Waals surface area contributed by atoms with Crippen molar-refractivity contribution >= 4 is 16.7 Å². The van der Waals surface area contributed by atoms with Crippen molar-refractivity contribution in [3.63, 3.8) is 0 Å². The Morgan fingerprint density at radius 1 is 0.946 bits per heavy atom. The molecule has 37 heavy (non-hydrogen) atoms. The standard InChI is InChI=1S/C31H38N2O4/c1-35-29-17-23-13-16-33(21-26(23)18-30(29)36-2)28-14-15-32(20-25(28)11-12-31(34)37-3)19-24-9-6-8-22-7-4-5-10-27(22)24/h4-10,17-18,25,28H,11-16,19-21H2,1-3H3/t25-,28+/m0/s1. The molecule has 0 bridgehead atoms. The molecule has 1 saturated heterocycles. The summed E-state index contributed by atoms with van der Waals surface area (Å²) < 4.78 is 16.1. The summed E-state index contributed by atoms with van der Waals surface area (Å²) in [7, 11) is 4.87. The summed E-state index contributed by atoms with van der Waals surface area (Å²) in [5.74, 6) is 1.87. The Balaban J connectivity index is 1.33. The molecule has 0 radical (unpaired) electrons. The number of carbonyl (C=O) groups is 1. The second-order valence-corrected chi connectivity index (χ2v) is 10.3. The van der Waals surface area contributed by atoms with Gasteiger partial charge >= 0.3 is 5.97 Å². The van der Waals surface area contributed by atoms with Crippen molar-refractivity contribution in [1.29, 1.82) is 0 Å². The minimum absolute atomic E-state index is 0.120. The van der Waals surface area contributed by atoms with Crippen molar-refractivity contribution in [2.24, 2.45) is 5.92 Å². The highest BCUT2D eigenvalue weighted by molar-refractivity contribution is 5.85. The first-order valence-corrected chi connectivity index (χ1v) is 13.3. The number of fused-ring (bicyclic) bond motifs is 2. The molecule has 2 aliphatic heterocycles. The van der Waals surface area contributed by atoms with Crippen LogP contribution in [0.15, 0.2) is 54.6 Å². The third-order valence-electron chi connectivity index (χ3n) is 8.22. The smallest absolute Gasteiger partial charge is 0.305 e. The first kappa shape index (κ1) is 25.6. The fraction of sp³-hybridized carbons (Fsp3) is 0.452. The molecule has 0 aliphatic carbocycles. The van der Waals surface area contributed by atoms with Crippen LogP contribution in [0.3, 0.4) is 0 Å². The maximum atomic E-state index is 12.1. The largest absolute Gasteiger partial charge is 0.493 e. The monoisotopic (exact) mass is 502 g/mol. The van der Waals surface area contributed by atoms with Gasteiger partial charge in [0, 0.05) is 38.6 Å². The van der Waals surface area contributed by atoms with Crippen LogP contribution in [0.25, 0.3) is 10.8 Å². The topological polar surface area (TPSA) is 51.2 Å². The summed E-state index contributed by atoms with van der Waals surface area (Å²) in [6.07, 6.45) is 3.41. The van der Waals surface area contributed by atoms with Gasteiger partial charge in [0.1, 0.15) is 0 Å². The molecule has 0 saturated carbocycles. The second-order valence-electron chi connectivity index (χ2n) is 10.3. The van der Waals surface area contributed by atoms with Crippen molar-refractivity contribution in [3.8, 4) is 11.5 Å². The number of hydrogen-bond acceptors (Lipinski definition) is 6. The van der Waals surface area contributed by atoms with Crippen LogP contribution in [0.1, 0.15) is 36.0 Å². The lowest BCUT2D eigenvalue weighted by Gasteiger charge is -2.45. The predicted molar refractivity (Wildman–Crippen MR) is 146 cm³/mol. The SMILES string of the molecule is COC(=O)CC[C@H]1CN(Cc2cccc3ccccc23)CC[C@H]1N1CCc2cc(OC)c(OC)cc2C1. The number of rotatable bonds is 8. The average Bonchev–Trinajstić information content (AvgIpc) is 2.95. The van der Waals surface area contributed by atoms with Crippen LogP contribution in [0.5, 0.6) is 11.5 Å². The van der Waals surface area contributed by atoms with Gasteiger partial charge in [0.05, 0.1) is 21.3 Å². The number of ether oxygens (including phenoxy) is 3. The highest BCUT2D eigenvalue weighted by Crippen LogP contribution is 2.36. The molecule has 2 aliphatic rings. The zero-order chi connectivity index (χ0) is 25.8. The summed E-state index contributed by atoms with van der Waals surface area (Å²) in [6.45, 7) is 4.89. The lowest BCUT2D eigenvalue weighted by molar-refractivity contribution is -0.141. The molecular weight excluding hydrogens is 464 g/mol. The molecule has 0 aromatic heterocycles. The number of piperidine rings is 1. The third kappa shape index (κ3) is 5.60. The number of benzene rings is 3. The molecule has 0 spiro atoms. The van der Waals surface area contributed by atoms with E-state index in [0.717, 1.165) is 63.5 Å². The zero-order valence-electron chi connectivity index (χ0n) is 22.2. The van der Waals surface area contributed by atoms with Crippen molar-refractivity contribution in [2.45, 2.75) is 44.8 Å². The zero-order valence-corrected chi connectivity index (χ0v) is 22.2. The maximum absolute atomic E-state index is 12.1. The van der Waals surface area contributed by atoms with Gasteiger partial charge in [0.2, 0.25) is 0 Å². The van der Waals surface area contributed by atoms with E-state index in [1.54, 1.807) is 14.2 Å². The van der Waals surface area contributed by atoms with Gasteiger partial charge in [0.15, 0.2) is 11.5 Å². The summed E-state index contributed by atoms with van der Waals surface area (Å²) in [5.41, 5.74) is 4.03. The van der Waals surface area contributed by atoms with Gasteiger partial charge in [-0.15, -0.1) is 0 Å². The Kier molecular flexibility index (Phi) is 7.96. The first-order chi connectivity index (χ1) is 18.1. The van der Waals surface area contributed by atoms with Crippen LogP contribution in [-0.4, -0.2) is 62.8 Å². The van der Waals surface area contributed by atoms with E-state index in [2.05, 4.69) is 64.4 Å². The van der Waals surface area contributed by atoms with Crippen molar-refractivity contribution in [2.75, 3.05) is 41.0 Å².